The van der Waals surface area contributed by atoms with E-state index in [-0.39, 0.29) is 0 Å². The number of fused-ring (bicyclic) bond motifs is 2. The van der Waals surface area contributed by atoms with Crippen molar-refractivity contribution in [3.05, 3.63) is 81.5 Å². The zero-order chi connectivity index (χ0) is 38.1. The Kier molecular flexibility index (Phi) is 12.1. The molecule has 5 aromatic rings. The van der Waals surface area contributed by atoms with Gasteiger partial charge in [0, 0.05) is 20.9 Å². The number of rotatable bonds is 10. The first-order chi connectivity index (χ1) is 24.6. The molecule has 2 heterocycles. The molecule has 0 fully saturated rings. The molecule has 270 valence electrons. The lowest BCUT2D eigenvalue weighted by Gasteiger charge is -2.38. The standard InChI is InChI=1S/C46H54O2S2Si2/c1-29(2)51(30(3)4,31(5)6)23-21-41-39-17-13-36(46-20-16-38(28-48)50-46)26-44(39)42(22-24-52(32(7)8,33(9)10)34(11)12)40-18-14-35(25-43(40)41)45-19-15-37(27-47)49-45/h13-20,25-34H,1-12H3. The summed E-state index contributed by atoms with van der Waals surface area (Å²) < 4.78 is 0. The van der Waals surface area contributed by atoms with E-state index >= 15 is 0 Å². The maximum Gasteiger partial charge on any atom is 0.160 e. The van der Waals surface area contributed by atoms with Crippen LogP contribution in [-0.4, -0.2) is 28.7 Å². The third-order valence-electron chi connectivity index (χ3n) is 11.7. The Hall–Kier alpha value is -3.53. The summed E-state index contributed by atoms with van der Waals surface area (Å²) in [5.74, 6) is 7.83. The first-order valence-corrected chi connectivity index (χ1v) is 24.9. The Morgan fingerprint density at radius 3 is 1.06 bits per heavy atom. The molecule has 0 bridgehead atoms. The van der Waals surface area contributed by atoms with Gasteiger partial charge in [-0.05, 0) is 102 Å². The highest BCUT2D eigenvalue weighted by Gasteiger charge is 2.43. The summed E-state index contributed by atoms with van der Waals surface area (Å²) in [5.41, 5.74) is 15.4. The zero-order valence-corrected chi connectivity index (χ0v) is 36.7. The normalized spacial score (nSPS) is 12.3. The second-order valence-electron chi connectivity index (χ2n) is 16.2. The van der Waals surface area contributed by atoms with Crippen LogP contribution >= 0.6 is 22.7 Å². The van der Waals surface area contributed by atoms with Crippen molar-refractivity contribution >= 4 is 72.9 Å². The molecule has 0 saturated heterocycles. The molecular weight excluding hydrogens is 705 g/mol. The summed E-state index contributed by atoms with van der Waals surface area (Å²) in [6.45, 7) is 28.4. The fourth-order valence-electron chi connectivity index (χ4n) is 9.15. The molecule has 0 aliphatic rings. The van der Waals surface area contributed by atoms with Crippen LogP contribution in [-0.2, 0) is 0 Å². The van der Waals surface area contributed by atoms with Gasteiger partial charge in [0.05, 0.1) is 9.75 Å². The van der Waals surface area contributed by atoms with E-state index in [1.165, 1.54) is 22.7 Å². The number of benzene rings is 3. The number of carbonyl (C=O) groups excluding carboxylic acids is 2. The molecule has 52 heavy (non-hydrogen) atoms. The largest absolute Gasteiger partial charge is 0.297 e. The zero-order valence-electron chi connectivity index (χ0n) is 33.0. The van der Waals surface area contributed by atoms with Gasteiger partial charge in [-0.15, -0.1) is 33.8 Å². The Morgan fingerprint density at radius 2 is 0.788 bits per heavy atom. The average Bonchev–Trinajstić information content (AvgIpc) is 3.78. The summed E-state index contributed by atoms with van der Waals surface area (Å²) in [4.78, 5) is 26.9. The van der Waals surface area contributed by atoms with Crippen LogP contribution in [0.5, 0.6) is 0 Å². The number of aldehydes is 2. The SMILES string of the molecule is CC(C)[Si](C#Cc1c2ccc(-c3ccc(C=O)s3)cc2c(C#C[Si](C(C)C)(C(C)C)C(C)C)c2ccc(-c3ccc(C=O)s3)cc12)(C(C)C)C(C)C. The molecule has 2 aromatic heterocycles. The van der Waals surface area contributed by atoms with Gasteiger partial charge >= 0.3 is 0 Å². The lowest BCUT2D eigenvalue weighted by Crippen LogP contribution is -2.43. The van der Waals surface area contributed by atoms with E-state index in [2.05, 4.69) is 142 Å². The summed E-state index contributed by atoms with van der Waals surface area (Å²) in [7, 11) is -4.15. The van der Waals surface area contributed by atoms with Crippen molar-refractivity contribution in [1.82, 2.24) is 0 Å². The summed E-state index contributed by atoms with van der Waals surface area (Å²) in [6, 6.07) is 21.3. The maximum absolute atomic E-state index is 11.7. The number of hydrogen-bond donors (Lipinski definition) is 0. The topological polar surface area (TPSA) is 34.1 Å². The first kappa shape index (κ1) is 39.7. The van der Waals surface area contributed by atoms with E-state index in [0.29, 0.717) is 33.2 Å². The Bertz CT molecular complexity index is 2040. The second-order valence-corrected chi connectivity index (χ2v) is 29.6. The molecule has 5 rings (SSSR count). The Morgan fingerprint density at radius 1 is 0.462 bits per heavy atom. The quantitative estimate of drug-likeness (QED) is 0.0615. The molecule has 0 saturated carbocycles. The van der Waals surface area contributed by atoms with Crippen LogP contribution in [0.4, 0.5) is 0 Å². The van der Waals surface area contributed by atoms with E-state index in [4.69, 9.17) is 0 Å². The van der Waals surface area contributed by atoms with Gasteiger partial charge in [0.1, 0.15) is 16.1 Å². The van der Waals surface area contributed by atoms with Crippen LogP contribution in [0.1, 0.15) is 114 Å². The molecule has 6 heteroatoms. The minimum Gasteiger partial charge on any atom is -0.297 e. The summed E-state index contributed by atoms with van der Waals surface area (Å²) in [5, 5.41) is 4.45. The van der Waals surface area contributed by atoms with E-state index in [1.54, 1.807) is 0 Å². The van der Waals surface area contributed by atoms with Crippen molar-refractivity contribution in [1.29, 1.82) is 0 Å². The average molecular weight is 759 g/mol. The molecule has 0 atom stereocenters. The molecular formula is C46H54O2S2Si2. The second kappa shape index (κ2) is 15.8. The van der Waals surface area contributed by atoms with E-state index in [0.717, 1.165) is 75.9 Å². The van der Waals surface area contributed by atoms with Crippen molar-refractivity contribution in [2.75, 3.05) is 0 Å². The van der Waals surface area contributed by atoms with Crippen LogP contribution in [0.2, 0.25) is 33.2 Å². The molecule has 0 aliphatic heterocycles. The molecule has 0 N–H and O–H groups in total. The van der Waals surface area contributed by atoms with Crippen molar-refractivity contribution < 1.29 is 9.59 Å². The fraction of sp³-hybridized carbons (Fsp3) is 0.391. The van der Waals surface area contributed by atoms with Crippen LogP contribution in [0.25, 0.3) is 42.4 Å². The van der Waals surface area contributed by atoms with Gasteiger partial charge < -0.3 is 0 Å². The fourth-order valence-corrected chi connectivity index (χ4v) is 21.2. The predicted octanol–water partition coefficient (Wildman–Crippen LogP) is 14.2. The monoisotopic (exact) mass is 758 g/mol. The van der Waals surface area contributed by atoms with Crippen LogP contribution in [0.15, 0.2) is 60.7 Å². The lowest BCUT2D eigenvalue weighted by molar-refractivity contribution is 0.111. The highest BCUT2D eigenvalue weighted by Crippen LogP contribution is 2.44. The van der Waals surface area contributed by atoms with Gasteiger partial charge in [-0.25, -0.2) is 0 Å². The van der Waals surface area contributed by atoms with Gasteiger partial charge in [0.25, 0.3) is 0 Å². The predicted molar refractivity (Wildman–Crippen MR) is 235 cm³/mol. The van der Waals surface area contributed by atoms with Gasteiger partial charge in [-0.2, -0.15) is 0 Å². The molecule has 0 spiro atoms. The van der Waals surface area contributed by atoms with Crippen LogP contribution in [0, 0.1) is 22.9 Å². The molecule has 0 amide bonds. The van der Waals surface area contributed by atoms with Gasteiger partial charge in [0.15, 0.2) is 12.6 Å². The highest BCUT2D eigenvalue weighted by molar-refractivity contribution is 7.17. The minimum absolute atomic E-state index is 0.504. The Balaban J connectivity index is 1.98. The van der Waals surface area contributed by atoms with E-state index in [9.17, 15) is 9.59 Å². The molecule has 0 unspecified atom stereocenters. The number of hydrogen-bond acceptors (Lipinski definition) is 4. The minimum atomic E-state index is -2.07. The Labute approximate surface area is 322 Å². The number of carbonyl (C=O) groups is 2. The van der Waals surface area contributed by atoms with Crippen LogP contribution < -0.4 is 0 Å². The first-order valence-electron chi connectivity index (χ1n) is 18.8. The van der Waals surface area contributed by atoms with Crippen molar-refractivity contribution in [2.45, 2.75) is 116 Å². The third-order valence-corrected chi connectivity index (χ3v) is 26.4. The molecule has 3 aromatic carbocycles. The molecule has 0 radical (unpaired) electrons. The number of thiophene rings is 2. The van der Waals surface area contributed by atoms with Gasteiger partial charge in [-0.1, -0.05) is 119 Å². The van der Waals surface area contributed by atoms with Gasteiger partial charge in [0.2, 0.25) is 0 Å². The van der Waals surface area contributed by atoms with Crippen molar-refractivity contribution in [3.8, 4) is 43.8 Å². The third kappa shape index (κ3) is 7.08. The summed E-state index contributed by atoms with van der Waals surface area (Å²) >= 11 is 3.04. The maximum atomic E-state index is 11.7. The lowest BCUT2D eigenvalue weighted by atomic mass is 9.90. The van der Waals surface area contributed by atoms with Crippen molar-refractivity contribution in [2.24, 2.45) is 0 Å². The smallest absolute Gasteiger partial charge is 0.160 e. The highest BCUT2D eigenvalue weighted by atomic mass is 32.1. The van der Waals surface area contributed by atoms with E-state index in [1.807, 2.05) is 24.3 Å². The molecule has 0 aliphatic carbocycles. The van der Waals surface area contributed by atoms with Crippen molar-refractivity contribution in [3.63, 3.8) is 0 Å². The van der Waals surface area contributed by atoms with Crippen LogP contribution in [0.3, 0.4) is 0 Å². The molecule has 2 nitrogen and oxygen atoms in total. The van der Waals surface area contributed by atoms with Gasteiger partial charge in [-0.3, -0.25) is 9.59 Å². The summed E-state index contributed by atoms with van der Waals surface area (Å²) in [6.07, 6.45) is 1.86. The van der Waals surface area contributed by atoms with E-state index < -0.39 is 16.1 Å².